The lowest BCUT2D eigenvalue weighted by Crippen LogP contribution is -2.43. The summed E-state index contributed by atoms with van der Waals surface area (Å²) in [6.45, 7) is 5.28. The van der Waals surface area contributed by atoms with Crippen molar-refractivity contribution in [1.82, 2.24) is 9.88 Å². The third-order valence-corrected chi connectivity index (χ3v) is 5.85. The van der Waals surface area contributed by atoms with E-state index in [1.807, 2.05) is 49.5 Å². The molecule has 2 saturated heterocycles. The number of benzene rings is 1. The molecule has 2 aromatic rings. The number of nitrogens with one attached hydrogen (secondary N) is 1. The summed E-state index contributed by atoms with van der Waals surface area (Å²) in [6, 6.07) is 11.5. The molecule has 2 aliphatic rings. The zero-order chi connectivity index (χ0) is 20.2. The van der Waals surface area contributed by atoms with Crippen molar-refractivity contribution in [3.8, 4) is 0 Å². The monoisotopic (exact) mass is 392 g/mol. The maximum Gasteiger partial charge on any atom is 0.253 e. The first-order valence-corrected chi connectivity index (χ1v) is 10.5. The maximum atomic E-state index is 12.8. The first-order valence-electron chi connectivity index (χ1n) is 10.5. The van der Waals surface area contributed by atoms with Crippen LogP contribution in [0.25, 0.3) is 0 Å². The summed E-state index contributed by atoms with van der Waals surface area (Å²) in [4.78, 5) is 34.1. The number of pyridine rings is 1. The number of aromatic nitrogens is 1. The summed E-state index contributed by atoms with van der Waals surface area (Å²) in [5, 5.41) is 2.93. The summed E-state index contributed by atoms with van der Waals surface area (Å²) in [5.74, 6) is 0.293. The molecule has 0 radical (unpaired) electrons. The molecular formula is C23H28N4O2. The van der Waals surface area contributed by atoms with E-state index >= 15 is 0 Å². The van der Waals surface area contributed by atoms with E-state index in [9.17, 15) is 9.59 Å². The fourth-order valence-electron chi connectivity index (χ4n) is 4.11. The van der Waals surface area contributed by atoms with Gasteiger partial charge in [-0.3, -0.25) is 9.59 Å². The van der Waals surface area contributed by atoms with Crippen LogP contribution in [0.4, 0.5) is 11.5 Å². The van der Waals surface area contributed by atoms with Crippen molar-refractivity contribution in [2.75, 3.05) is 36.4 Å². The van der Waals surface area contributed by atoms with E-state index in [0.717, 1.165) is 37.2 Å². The van der Waals surface area contributed by atoms with E-state index in [1.165, 1.54) is 12.8 Å². The van der Waals surface area contributed by atoms with Crippen molar-refractivity contribution < 1.29 is 9.59 Å². The largest absolute Gasteiger partial charge is 0.370 e. The Kier molecular flexibility index (Phi) is 5.79. The van der Waals surface area contributed by atoms with Gasteiger partial charge >= 0.3 is 0 Å². The van der Waals surface area contributed by atoms with Gasteiger partial charge in [-0.2, -0.15) is 0 Å². The van der Waals surface area contributed by atoms with Gasteiger partial charge in [-0.1, -0.05) is 17.7 Å². The Balaban J connectivity index is 1.35. The van der Waals surface area contributed by atoms with E-state index in [2.05, 4.69) is 15.2 Å². The van der Waals surface area contributed by atoms with Gasteiger partial charge in [0.05, 0.1) is 17.8 Å². The molecule has 2 amide bonds. The fourth-order valence-corrected chi connectivity index (χ4v) is 4.11. The highest BCUT2D eigenvalue weighted by Gasteiger charge is 2.29. The molecule has 0 aliphatic carbocycles. The number of carbonyl (C=O) groups is 2. The standard InChI is InChI=1S/C23H28N4O2/c1-17-6-8-18(9-7-17)23(29)27-14-4-5-19(16-27)22(28)25-21-11-10-20(15-24-21)26-12-2-3-13-26/h6-11,15,19H,2-5,12-14,16H2,1H3,(H,24,25,28). The smallest absolute Gasteiger partial charge is 0.253 e. The third-order valence-electron chi connectivity index (χ3n) is 5.85. The van der Waals surface area contributed by atoms with Crippen molar-refractivity contribution >= 4 is 23.3 Å². The van der Waals surface area contributed by atoms with Crippen molar-refractivity contribution in [3.05, 3.63) is 53.7 Å². The van der Waals surface area contributed by atoms with Crippen LogP contribution < -0.4 is 10.2 Å². The second kappa shape index (κ2) is 8.64. The Labute approximate surface area is 171 Å². The molecule has 1 N–H and O–H groups in total. The SMILES string of the molecule is Cc1ccc(C(=O)N2CCCC(C(=O)Nc3ccc(N4CCCC4)cn3)C2)cc1. The van der Waals surface area contributed by atoms with Crippen LogP contribution in [-0.2, 0) is 4.79 Å². The zero-order valence-corrected chi connectivity index (χ0v) is 16.9. The number of amides is 2. The Morgan fingerprint density at radius 3 is 2.45 bits per heavy atom. The minimum Gasteiger partial charge on any atom is -0.370 e. The number of rotatable bonds is 4. The summed E-state index contributed by atoms with van der Waals surface area (Å²) in [6.07, 6.45) is 5.89. The van der Waals surface area contributed by atoms with Crippen LogP contribution in [0.1, 0.15) is 41.6 Å². The average Bonchev–Trinajstić information content (AvgIpc) is 3.29. The minimum absolute atomic E-state index is 0.00408. The van der Waals surface area contributed by atoms with Crippen LogP contribution in [0.2, 0.25) is 0 Å². The van der Waals surface area contributed by atoms with E-state index in [0.29, 0.717) is 24.5 Å². The molecule has 1 aromatic carbocycles. The summed E-state index contributed by atoms with van der Waals surface area (Å²) >= 11 is 0. The highest BCUT2D eigenvalue weighted by Crippen LogP contribution is 2.22. The number of nitrogens with zero attached hydrogens (tertiary/aromatic N) is 3. The summed E-state index contributed by atoms with van der Waals surface area (Å²) < 4.78 is 0. The lowest BCUT2D eigenvalue weighted by molar-refractivity contribution is -0.121. The Morgan fingerprint density at radius 2 is 1.76 bits per heavy atom. The number of hydrogen-bond donors (Lipinski definition) is 1. The molecule has 1 aromatic heterocycles. The first-order chi connectivity index (χ1) is 14.1. The van der Waals surface area contributed by atoms with E-state index in [1.54, 1.807) is 4.90 Å². The Morgan fingerprint density at radius 1 is 1.00 bits per heavy atom. The Hall–Kier alpha value is -2.89. The van der Waals surface area contributed by atoms with Gasteiger partial charge in [0.25, 0.3) is 5.91 Å². The first kappa shape index (κ1) is 19.4. The van der Waals surface area contributed by atoms with E-state index < -0.39 is 0 Å². The predicted molar refractivity (Wildman–Crippen MR) is 114 cm³/mol. The molecule has 4 rings (SSSR count). The number of piperidine rings is 1. The highest BCUT2D eigenvalue weighted by molar-refractivity contribution is 5.96. The Bertz CT molecular complexity index is 857. The second-order valence-electron chi connectivity index (χ2n) is 8.04. The zero-order valence-electron chi connectivity index (χ0n) is 16.9. The molecule has 0 spiro atoms. The quantitative estimate of drug-likeness (QED) is 0.865. The number of anilines is 2. The molecule has 1 atom stereocenters. The molecule has 0 bridgehead atoms. The van der Waals surface area contributed by atoms with Gasteiger partial charge in [0.2, 0.25) is 5.91 Å². The normalized spacial score (nSPS) is 19.3. The molecule has 1 unspecified atom stereocenters. The van der Waals surface area contributed by atoms with Crippen LogP contribution in [-0.4, -0.2) is 47.9 Å². The van der Waals surface area contributed by atoms with Gasteiger partial charge < -0.3 is 15.1 Å². The molecule has 0 saturated carbocycles. The molecular weight excluding hydrogens is 364 g/mol. The predicted octanol–water partition coefficient (Wildman–Crippen LogP) is 3.48. The third kappa shape index (κ3) is 4.58. The van der Waals surface area contributed by atoms with Crippen LogP contribution >= 0.6 is 0 Å². The number of carbonyl (C=O) groups excluding carboxylic acids is 2. The number of aryl methyl sites for hydroxylation is 1. The van der Waals surface area contributed by atoms with Gasteiger partial charge in [0.1, 0.15) is 5.82 Å². The lowest BCUT2D eigenvalue weighted by Gasteiger charge is -2.32. The topological polar surface area (TPSA) is 65.5 Å². The van der Waals surface area contributed by atoms with Crippen LogP contribution in [0.5, 0.6) is 0 Å². The lowest BCUT2D eigenvalue weighted by atomic mass is 9.96. The molecule has 3 heterocycles. The average molecular weight is 393 g/mol. The van der Waals surface area contributed by atoms with Crippen molar-refractivity contribution in [1.29, 1.82) is 0 Å². The van der Waals surface area contributed by atoms with E-state index in [4.69, 9.17) is 0 Å². The molecule has 152 valence electrons. The number of likely N-dealkylation sites (tertiary alicyclic amines) is 1. The summed E-state index contributed by atoms with van der Waals surface area (Å²) in [5.41, 5.74) is 2.91. The van der Waals surface area contributed by atoms with Crippen LogP contribution in [0.15, 0.2) is 42.6 Å². The molecule has 2 aliphatic heterocycles. The summed E-state index contributed by atoms with van der Waals surface area (Å²) in [7, 11) is 0. The maximum absolute atomic E-state index is 12.8. The van der Waals surface area contributed by atoms with Gasteiger partial charge in [-0.05, 0) is 56.9 Å². The van der Waals surface area contributed by atoms with Crippen molar-refractivity contribution in [3.63, 3.8) is 0 Å². The molecule has 6 nitrogen and oxygen atoms in total. The molecule has 29 heavy (non-hydrogen) atoms. The van der Waals surface area contributed by atoms with Crippen molar-refractivity contribution in [2.24, 2.45) is 5.92 Å². The van der Waals surface area contributed by atoms with Crippen LogP contribution in [0.3, 0.4) is 0 Å². The van der Waals surface area contributed by atoms with Gasteiger partial charge in [-0.25, -0.2) is 4.98 Å². The van der Waals surface area contributed by atoms with Gasteiger partial charge in [0.15, 0.2) is 0 Å². The van der Waals surface area contributed by atoms with Gasteiger partial charge in [0, 0.05) is 31.7 Å². The van der Waals surface area contributed by atoms with Crippen molar-refractivity contribution in [2.45, 2.75) is 32.6 Å². The molecule has 6 heteroatoms. The second-order valence-corrected chi connectivity index (χ2v) is 8.04. The minimum atomic E-state index is -0.210. The van der Waals surface area contributed by atoms with E-state index in [-0.39, 0.29) is 17.7 Å². The van der Waals surface area contributed by atoms with Crippen LogP contribution in [0, 0.1) is 12.8 Å². The molecule has 2 fully saturated rings. The van der Waals surface area contributed by atoms with Gasteiger partial charge in [-0.15, -0.1) is 0 Å². The number of hydrogen-bond acceptors (Lipinski definition) is 4. The highest BCUT2D eigenvalue weighted by atomic mass is 16.2. The fraction of sp³-hybridized carbons (Fsp3) is 0.435.